The highest BCUT2D eigenvalue weighted by atomic mass is 16.3. The molecule has 0 N–H and O–H groups in total. The summed E-state index contributed by atoms with van der Waals surface area (Å²) in [7, 11) is 0. The normalized spacial score (nSPS) is 12.6. The van der Waals surface area contributed by atoms with Gasteiger partial charge in [0.2, 0.25) is 0 Å². The summed E-state index contributed by atoms with van der Waals surface area (Å²) in [6, 6.07) is 52.9. The van der Waals surface area contributed by atoms with Crippen molar-refractivity contribution in [2.24, 2.45) is 0 Å². The highest BCUT2D eigenvalue weighted by molar-refractivity contribution is 6.09. The molecular weight excluding hydrogens is 623 g/mol. The van der Waals surface area contributed by atoms with Gasteiger partial charge in [-0.1, -0.05) is 127 Å². The molecule has 0 saturated carbocycles. The number of hydrogen-bond acceptors (Lipinski definition) is 3. The average molecular weight is 658 g/mol. The predicted octanol–water partition coefficient (Wildman–Crippen LogP) is 14.0. The predicted molar refractivity (Wildman–Crippen MR) is 212 cm³/mol. The van der Waals surface area contributed by atoms with Crippen molar-refractivity contribution >= 4 is 60.9 Å². The van der Waals surface area contributed by atoms with E-state index in [2.05, 4.69) is 24.3 Å². The first-order chi connectivity index (χ1) is 26.9. The Morgan fingerprint density at radius 3 is 1.63 bits per heavy atom. The third kappa shape index (κ3) is 5.06. The standard InChI is InChI=1S/C48H31NO2/c1-2-9-32(10-3-1)33-17-24-37(25-18-33)49(38-26-19-34(20-27-38)36-23-30-47-44(31-36)42-12-5-6-15-45(42)50-47)39-28-21-35(22-29-39)40-13-8-14-43-41-11-4-7-16-46(41)51-48(40)43/h1-31H/i19D,20D,26D,27D. The molecule has 8 aromatic carbocycles. The Hall–Kier alpha value is -6.84. The third-order valence-corrected chi connectivity index (χ3v) is 9.57. The van der Waals surface area contributed by atoms with Crippen LogP contribution in [0.2, 0.25) is 0 Å². The van der Waals surface area contributed by atoms with Gasteiger partial charge in [-0.05, 0) is 88.4 Å². The largest absolute Gasteiger partial charge is 0.456 e. The molecule has 0 bridgehead atoms. The zero-order chi connectivity index (χ0) is 37.2. The van der Waals surface area contributed by atoms with Crippen molar-refractivity contribution in [2.75, 3.05) is 4.90 Å². The van der Waals surface area contributed by atoms with Crippen LogP contribution in [-0.2, 0) is 0 Å². The van der Waals surface area contributed by atoms with Crippen LogP contribution in [0.5, 0.6) is 0 Å². The number of rotatable bonds is 6. The molecule has 3 nitrogen and oxygen atoms in total. The van der Waals surface area contributed by atoms with Crippen LogP contribution in [0.15, 0.2) is 197 Å². The lowest BCUT2D eigenvalue weighted by Crippen LogP contribution is -2.09. The first kappa shape index (κ1) is 25.2. The molecule has 2 heterocycles. The third-order valence-electron chi connectivity index (χ3n) is 9.57. The van der Waals surface area contributed by atoms with Gasteiger partial charge < -0.3 is 13.7 Å². The highest BCUT2D eigenvalue weighted by Crippen LogP contribution is 2.40. The Morgan fingerprint density at radius 1 is 0.353 bits per heavy atom. The Bertz CT molecular complexity index is 3050. The maximum absolute atomic E-state index is 9.45. The van der Waals surface area contributed by atoms with Gasteiger partial charge in [-0.3, -0.25) is 0 Å². The molecule has 10 rings (SSSR count). The van der Waals surface area contributed by atoms with Crippen LogP contribution in [0.25, 0.3) is 77.3 Å². The van der Waals surface area contributed by atoms with Crippen LogP contribution in [-0.4, -0.2) is 0 Å². The quantitative estimate of drug-likeness (QED) is 0.178. The molecule has 0 aliphatic heterocycles. The van der Waals surface area contributed by atoms with E-state index in [-0.39, 0.29) is 35.4 Å². The van der Waals surface area contributed by atoms with Crippen molar-refractivity contribution in [3.63, 3.8) is 0 Å². The van der Waals surface area contributed by atoms with Crippen LogP contribution >= 0.6 is 0 Å². The molecule has 0 unspecified atom stereocenters. The number of hydrogen-bond donors (Lipinski definition) is 0. The smallest absolute Gasteiger partial charge is 0.143 e. The lowest BCUT2D eigenvalue weighted by Gasteiger charge is -2.26. The molecule has 0 atom stereocenters. The summed E-state index contributed by atoms with van der Waals surface area (Å²) in [5, 5.41) is 3.89. The van der Waals surface area contributed by atoms with E-state index in [1.54, 1.807) is 6.07 Å². The molecular formula is C48H31NO2. The molecule has 10 aromatic rings. The van der Waals surface area contributed by atoms with Gasteiger partial charge >= 0.3 is 0 Å². The van der Waals surface area contributed by atoms with E-state index in [1.165, 1.54) is 0 Å². The molecule has 51 heavy (non-hydrogen) atoms. The molecule has 0 aliphatic rings. The highest BCUT2D eigenvalue weighted by Gasteiger charge is 2.16. The minimum absolute atomic E-state index is 0.123. The van der Waals surface area contributed by atoms with Crippen molar-refractivity contribution in [1.82, 2.24) is 0 Å². The molecule has 0 aliphatic carbocycles. The van der Waals surface area contributed by atoms with Crippen molar-refractivity contribution in [3.05, 3.63) is 188 Å². The van der Waals surface area contributed by atoms with E-state index in [1.807, 2.05) is 138 Å². The fourth-order valence-corrected chi connectivity index (χ4v) is 7.05. The summed E-state index contributed by atoms with van der Waals surface area (Å²) in [6.45, 7) is 0. The number of furan rings is 2. The van der Waals surface area contributed by atoms with Crippen molar-refractivity contribution < 1.29 is 14.3 Å². The summed E-state index contributed by atoms with van der Waals surface area (Å²) in [6.07, 6.45) is 0. The minimum atomic E-state index is -0.142. The van der Waals surface area contributed by atoms with Gasteiger partial charge in [0.05, 0.1) is 5.48 Å². The Balaban J connectivity index is 1.12. The summed E-state index contributed by atoms with van der Waals surface area (Å²) in [5.41, 5.74) is 9.45. The topological polar surface area (TPSA) is 29.5 Å². The SMILES string of the molecule is [2H]c1c([2H])c(N(c2ccc(-c3ccccc3)cc2)c2ccc(-c3cccc4c3oc3ccccc34)cc2)c([2H])c([2H])c1-c1ccc2oc3ccccc3c2c1. The van der Waals surface area contributed by atoms with Crippen molar-refractivity contribution in [3.8, 4) is 33.4 Å². The molecule has 0 radical (unpaired) electrons. The van der Waals surface area contributed by atoms with Gasteiger partial charge in [0.1, 0.15) is 22.3 Å². The van der Waals surface area contributed by atoms with Gasteiger partial charge in [-0.15, -0.1) is 0 Å². The van der Waals surface area contributed by atoms with Crippen LogP contribution < -0.4 is 4.90 Å². The molecule has 0 spiro atoms. The average Bonchev–Trinajstić information content (AvgIpc) is 3.81. The van der Waals surface area contributed by atoms with Gasteiger partial charge in [0, 0.05) is 44.2 Å². The zero-order valence-corrected chi connectivity index (χ0v) is 27.4. The second kappa shape index (κ2) is 11.9. The van der Waals surface area contributed by atoms with E-state index in [0.717, 1.165) is 60.5 Å². The van der Waals surface area contributed by atoms with Crippen LogP contribution in [0.1, 0.15) is 5.48 Å². The number of para-hydroxylation sites is 3. The lowest BCUT2D eigenvalue weighted by molar-refractivity contribution is 0.669. The number of nitrogens with zero attached hydrogens (tertiary/aromatic N) is 1. The van der Waals surface area contributed by atoms with Gasteiger partial charge in [0.15, 0.2) is 0 Å². The second-order valence-electron chi connectivity index (χ2n) is 12.6. The molecule has 0 fully saturated rings. The van der Waals surface area contributed by atoms with Crippen LogP contribution in [0.3, 0.4) is 0 Å². The molecule has 3 heteroatoms. The first-order valence-electron chi connectivity index (χ1n) is 18.9. The summed E-state index contributed by atoms with van der Waals surface area (Å²) >= 11 is 0. The molecule has 2 aromatic heterocycles. The van der Waals surface area contributed by atoms with E-state index in [0.29, 0.717) is 22.5 Å². The maximum atomic E-state index is 9.45. The Kier molecular flexibility index (Phi) is 5.89. The Labute approximate surface area is 300 Å². The van der Waals surface area contributed by atoms with E-state index in [4.69, 9.17) is 8.83 Å². The zero-order valence-electron chi connectivity index (χ0n) is 31.4. The summed E-state index contributed by atoms with van der Waals surface area (Å²) in [4.78, 5) is 1.82. The fraction of sp³-hybridized carbons (Fsp3) is 0. The van der Waals surface area contributed by atoms with Crippen molar-refractivity contribution in [2.45, 2.75) is 0 Å². The monoisotopic (exact) mass is 657 g/mol. The van der Waals surface area contributed by atoms with Crippen LogP contribution in [0, 0.1) is 0 Å². The lowest BCUT2D eigenvalue weighted by atomic mass is 10.0. The molecule has 0 amide bonds. The van der Waals surface area contributed by atoms with Gasteiger partial charge in [0.25, 0.3) is 0 Å². The van der Waals surface area contributed by atoms with Gasteiger partial charge in [-0.2, -0.15) is 0 Å². The number of fused-ring (bicyclic) bond motifs is 6. The Morgan fingerprint density at radius 2 is 0.902 bits per heavy atom. The number of anilines is 3. The molecule has 0 saturated heterocycles. The number of benzene rings is 8. The molecule has 240 valence electrons. The fourth-order valence-electron chi connectivity index (χ4n) is 7.05. The van der Waals surface area contributed by atoms with E-state index in [9.17, 15) is 5.48 Å². The van der Waals surface area contributed by atoms with Crippen LogP contribution in [0.4, 0.5) is 17.1 Å². The second-order valence-corrected chi connectivity index (χ2v) is 12.6. The summed E-state index contributed by atoms with van der Waals surface area (Å²) < 4.78 is 49.9. The van der Waals surface area contributed by atoms with Crippen molar-refractivity contribution in [1.29, 1.82) is 0 Å². The summed E-state index contributed by atoms with van der Waals surface area (Å²) in [5.74, 6) is 0. The minimum Gasteiger partial charge on any atom is -0.456 e. The first-order valence-corrected chi connectivity index (χ1v) is 16.9. The van der Waals surface area contributed by atoms with Gasteiger partial charge in [-0.25, -0.2) is 0 Å². The van der Waals surface area contributed by atoms with E-state index >= 15 is 0 Å². The van der Waals surface area contributed by atoms with E-state index < -0.39 is 0 Å². The maximum Gasteiger partial charge on any atom is 0.143 e.